The summed E-state index contributed by atoms with van der Waals surface area (Å²) < 4.78 is 11.6. The highest BCUT2D eigenvalue weighted by Crippen LogP contribution is 2.35. The Morgan fingerprint density at radius 2 is 1.74 bits per heavy atom. The molecule has 1 aliphatic heterocycles. The zero-order valence-corrected chi connectivity index (χ0v) is 20.2. The van der Waals surface area contributed by atoms with Crippen molar-refractivity contribution in [1.29, 1.82) is 0 Å². The van der Waals surface area contributed by atoms with E-state index in [1.807, 2.05) is 86.6 Å². The third-order valence-electron chi connectivity index (χ3n) is 5.58. The van der Waals surface area contributed by atoms with Gasteiger partial charge in [-0.15, -0.1) is 0 Å². The molecule has 0 aromatic heterocycles. The molecule has 0 spiro atoms. The summed E-state index contributed by atoms with van der Waals surface area (Å²) >= 11 is 5.38. The molecule has 0 fully saturated rings. The number of hydrogen-bond donors (Lipinski definition) is 3. The molecular formula is C27H27N3O3S. The normalized spacial score (nSPS) is 15.3. The molecule has 1 atom stereocenters. The maximum Gasteiger partial charge on any atom is 0.255 e. The van der Waals surface area contributed by atoms with Crippen LogP contribution in [0.15, 0.2) is 84.1 Å². The van der Waals surface area contributed by atoms with E-state index in [2.05, 4.69) is 16.0 Å². The first-order chi connectivity index (χ1) is 16.4. The lowest BCUT2D eigenvalue weighted by molar-refractivity contribution is -0.113. The van der Waals surface area contributed by atoms with Gasteiger partial charge in [-0.1, -0.05) is 54.1 Å². The fourth-order valence-electron chi connectivity index (χ4n) is 3.80. The van der Waals surface area contributed by atoms with Gasteiger partial charge in [0.05, 0.1) is 18.7 Å². The molecule has 4 rings (SSSR count). The van der Waals surface area contributed by atoms with Gasteiger partial charge >= 0.3 is 0 Å². The number of rotatable bonds is 7. The first-order valence-electron chi connectivity index (χ1n) is 11.0. The van der Waals surface area contributed by atoms with E-state index in [9.17, 15) is 4.79 Å². The Bertz CT molecular complexity index is 1220. The van der Waals surface area contributed by atoms with E-state index in [0.717, 1.165) is 22.4 Å². The minimum absolute atomic E-state index is 0.211. The van der Waals surface area contributed by atoms with E-state index in [4.69, 9.17) is 21.7 Å². The van der Waals surface area contributed by atoms with Crippen LogP contribution in [-0.4, -0.2) is 18.1 Å². The van der Waals surface area contributed by atoms with E-state index >= 15 is 0 Å². The van der Waals surface area contributed by atoms with Crippen molar-refractivity contribution in [3.8, 4) is 11.5 Å². The second kappa shape index (κ2) is 10.4. The predicted octanol–water partition coefficient (Wildman–Crippen LogP) is 5.01. The Balaban J connectivity index is 1.59. The van der Waals surface area contributed by atoms with Crippen molar-refractivity contribution in [1.82, 2.24) is 10.6 Å². The van der Waals surface area contributed by atoms with Gasteiger partial charge < -0.3 is 25.4 Å². The lowest BCUT2D eigenvalue weighted by atomic mass is 9.94. The number of anilines is 1. The zero-order chi connectivity index (χ0) is 24.1. The number of amides is 1. The summed E-state index contributed by atoms with van der Waals surface area (Å²) in [6.07, 6.45) is 0. The number of ether oxygens (including phenoxy) is 2. The maximum absolute atomic E-state index is 13.3. The summed E-state index contributed by atoms with van der Waals surface area (Å²) in [5, 5.41) is 9.73. The quantitative estimate of drug-likeness (QED) is 0.419. The van der Waals surface area contributed by atoms with Crippen LogP contribution in [0, 0.1) is 6.92 Å². The van der Waals surface area contributed by atoms with Crippen LogP contribution in [0.4, 0.5) is 5.69 Å². The molecule has 34 heavy (non-hydrogen) atoms. The van der Waals surface area contributed by atoms with Crippen molar-refractivity contribution < 1.29 is 14.3 Å². The van der Waals surface area contributed by atoms with Crippen molar-refractivity contribution in [2.75, 3.05) is 12.4 Å². The summed E-state index contributed by atoms with van der Waals surface area (Å²) in [5.41, 5.74) is 4.99. The molecule has 3 N–H and O–H groups in total. The Morgan fingerprint density at radius 3 is 2.44 bits per heavy atom. The fraction of sp³-hybridized carbons (Fsp3) is 0.185. The van der Waals surface area contributed by atoms with Crippen LogP contribution in [0.3, 0.4) is 0 Å². The molecule has 1 amide bonds. The number of benzene rings is 3. The van der Waals surface area contributed by atoms with Gasteiger partial charge in [-0.2, -0.15) is 0 Å². The van der Waals surface area contributed by atoms with E-state index < -0.39 is 6.04 Å². The van der Waals surface area contributed by atoms with Gasteiger partial charge in [0.1, 0.15) is 6.61 Å². The number of thiocarbonyl (C=S) groups is 1. The first kappa shape index (κ1) is 23.3. The van der Waals surface area contributed by atoms with E-state index in [1.165, 1.54) is 0 Å². The van der Waals surface area contributed by atoms with Crippen LogP contribution in [0.25, 0.3) is 0 Å². The molecule has 0 radical (unpaired) electrons. The molecule has 1 heterocycles. The fourth-order valence-corrected chi connectivity index (χ4v) is 4.07. The lowest BCUT2D eigenvalue weighted by Crippen LogP contribution is -2.45. The largest absolute Gasteiger partial charge is 0.493 e. The highest BCUT2D eigenvalue weighted by molar-refractivity contribution is 7.80. The molecule has 1 aliphatic rings. The van der Waals surface area contributed by atoms with E-state index in [0.29, 0.717) is 34.5 Å². The third kappa shape index (κ3) is 5.38. The number of nitrogens with one attached hydrogen (secondary N) is 3. The molecule has 3 aromatic carbocycles. The highest BCUT2D eigenvalue weighted by Gasteiger charge is 2.30. The average molecular weight is 474 g/mol. The van der Waals surface area contributed by atoms with Crippen molar-refractivity contribution in [3.63, 3.8) is 0 Å². The van der Waals surface area contributed by atoms with Crippen molar-refractivity contribution in [2.45, 2.75) is 26.5 Å². The number of carbonyl (C=O) groups is 1. The number of allylic oxidation sites excluding steroid dienone is 1. The van der Waals surface area contributed by atoms with Gasteiger partial charge in [-0.05, 0) is 61.5 Å². The van der Waals surface area contributed by atoms with Crippen molar-refractivity contribution in [2.24, 2.45) is 0 Å². The second-order valence-electron chi connectivity index (χ2n) is 8.07. The SMILES string of the molecule is COc1cc(C2NC(=S)NC(C)=C2C(=O)Nc2ccc(C)cc2)ccc1OCc1ccccc1. The molecule has 0 saturated heterocycles. The minimum atomic E-state index is -0.448. The van der Waals surface area contributed by atoms with E-state index in [1.54, 1.807) is 7.11 Å². The monoisotopic (exact) mass is 473 g/mol. The predicted molar refractivity (Wildman–Crippen MR) is 138 cm³/mol. The Hall–Kier alpha value is -3.84. The molecule has 1 unspecified atom stereocenters. The summed E-state index contributed by atoms with van der Waals surface area (Å²) in [6.45, 7) is 4.28. The van der Waals surface area contributed by atoms with Gasteiger partial charge in [0, 0.05) is 11.4 Å². The standard InChI is InChI=1S/C27H27N3O3S/c1-17-9-12-21(13-10-17)29-26(31)24-18(2)28-27(34)30-25(24)20-11-14-22(23(15-20)32-3)33-16-19-7-5-4-6-8-19/h4-15,25H,16H2,1-3H3,(H,29,31)(H2,28,30,34). The summed E-state index contributed by atoms with van der Waals surface area (Å²) in [5.74, 6) is 0.992. The smallest absolute Gasteiger partial charge is 0.255 e. The number of methoxy groups -OCH3 is 1. The van der Waals surface area contributed by atoms with Crippen LogP contribution in [0.5, 0.6) is 11.5 Å². The van der Waals surface area contributed by atoms with Crippen LogP contribution in [-0.2, 0) is 11.4 Å². The molecule has 0 bridgehead atoms. The second-order valence-corrected chi connectivity index (χ2v) is 8.48. The first-order valence-corrected chi connectivity index (χ1v) is 11.4. The topological polar surface area (TPSA) is 71.6 Å². The number of hydrogen-bond acceptors (Lipinski definition) is 4. The van der Waals surface area contributed by atoms with Crippen LogP contribution in [0.2, 0.25) is 0 Å². The molecule has 6 nitrogen and oxygen atoms in total. The minimum Gasteiger partial charge on any atom is -0.493 e. The van der Waals surface area contributed by atoms with Crippen LogP contribution < -0.4 is 25.4 Å². The zero-order valence-electron chi connectivity index (χ0n) is 19.3. The van der Waals surface area contributed by atoms with Crippen molar-refractivity contribution in [3.05, 3.63) is 101 Å². The molecule has 174 valence electrons. The Labute approximate surface area is 205 Å². The third-order valence-corrected chi connectivity index (χ3v) is 5.80. The Morgan fingerprint density at radius 1 is 1.00 bits per heavy atom. The average Bonchev–Trinajstić information content (AvgIpc) is 2.84. The molecule has 0 aliphatic carbocycles. The van der Waals surface area contributed by atoms with Crippen molar-refractivity contribution >= 4 is 28.9 Å². The number of aryl methyl sites for hydroxylation is 1. The summed E-state index contributed by atoms with van der Waals surface area (Å²) in [4.78, 5) is 13.3. The van der Waals surface area contributed by atoms with Gasteiger partial charge in [0.2, 0.25) is 0 Å². The van der Waals surface area contributed by atoms with Gasteiger partial charge in [0.25, 0.3) is 5.91 Å². The van der Waals surface area contributed by atoms with Gasteiger partial charge in [-0.3, -0.25) is 4.79 Å². The summed E-state index contributed by atoms with van der Waals surface area (Å²) in [7, 11) is 1.60. The van der Waals surface area contributed by atoms with Gasteiger partial charge in [0.15, 0.2) is 16.6 Å². The Kier molecular flexibility index (Phi) is 7.13. The summed E-state index contributed by atoms with van der Waals surface area (Å²) in [6, 6.07) is 22.8. The molecule has 0 saturated carbocycles. The van der Waals surface area contributed by atoms with Crippen LogP contribution in [0.1, 0.15) is 29.7 Å². The van der Waals surface area contributed by atoms with E-state index in [-0.39, 0.29) is 5.91 Å². The molecule has 3 aromatic rings. The van der Waals surface area contributed by atoms with Crippen LogP contribution >= 0.6 is 12.2 Å². The maximum atomic E-state index is 13.3. The molecular weight excluding hydrogens is 446 g/mol. The highest BCUT2D eigenvalue weighted by atomic mass is 32.1. The van der Waals surface area contributed by atoms with Gasteiger partial charge in [-0.25, -0.2) is 0 Å². The number of carbonyl (C=O) groups excluding carboxylic acids is 1. The lowest BCUT2D eigenvalue weighted by Gasteiger charge is -2.30. The molecule has 7 heteroatoms.